The molecule has 1 aromatic rings. The van der Waals surface area contributed by atoms with E-state index in [0.717, 1.165) is 35.8 Å². The molecule has 2 rings (SSSR count). The Morgan fingerprint density at radius 1 is 1.11 bits per heavy atom. The zero-order valence-electron chi connectivity index (χ0n) is 11.3. The number of hydrogen-bond acceptors (Lipinski definition) is 3. The molecule has 0 spiro atoms. The summed E-state index contributed by atoms with van der Waals surface area (Å²) in [6.07, 6.45) is 2.99. The van der Waals surface area contributed by atoms with Crippen LogP contribution >= 0.6 is 0 Å². The molecule has 1 aliphatic carbocycles. The fourth-order valence-corrected chi connectivity index (χ4v) is 2.81. The van der Waals surface area contributed by atoms with E-state index in [1.807, 2.05) is 18.2 Å². The molecule has 0 aromatic heterocycles. The van der Waals surface area contributed by atoms with Crippen molar-refractivity contribution in [1.82, 2.24) is 0 Å². The van der Waals surface area contributed by atoms with Gasteiger partial charge in [-0.15, -0.1) is 0 Å². The van der Waals surface area contributed by atoms with E-state index in [9.17, 15) is 5.11 Å². The molecule has 100 valence electrons. The molecule has 0 aliphatic heterocycles. The van der Waals surface area contributed by atoms with Crippen LogP contribution in [0.25, 0.3) is 0 Å². The van der Waals surface area contributed by atoms with Crippen LogP contribution in [0.2, 0.25) is 0 Å². The monoisotopic (exact) mass is 250 g/mol. The number of ether oxygens (including phenoxy) is 2. The molecule has 1 saturated carbocycles. The first-order valence-corrected chi connectivity index (χ1v) is 6.55. The molecule has 18 heavy (non-hydrogen) atoms. The first-order valence-electron chi connectivity index (χ1n) is 6.55. The van der Waals surface area contributed by atoms with Crippen LogP contribution in [0.5, 0.6) is 11.5 Å². The Morgan fingerprint density at radius 2 is 1.72 bits per heavy atom. The van der Waals surface area contributed by atoms with E-state index in [2.05, 4.69) is 6.92 Å². The highest BCUT2D eigenvalue weighted by Crippen LogP contribution is 2.40. The topological polar surface area (TPSA) is 38.7 Å². The predicted octanol–water partition coefficient (Wildman–Crippen LogP) is 3.17. The van der Waals surface area contributed by atoms with E-state index in [1.54, 1.807) is 14.2 Å². The Labute approximate surface area is 109 Å². The van der Waals surface area contributed by atoms with Crippen LogP contribution < -0.4 is 9.47 Å². The fourth-order valence-electron chi connectivity index (χ4n) is 2.81. The minimum absolute atomic E-state index is 0.358. The summed E-state index contributed by atoms with van der Waals surface area (Å²) >= 11 is 0. The highest BCUT2D eigenvalue weighted by Gasteiger charge is 2.28. The van der Waals surface area contributed by atoms with Crippen LogP contribution in [0.1, 0.15) is 37.9 Å². The molecule has 3 atom stereocenters. The maximum atomic E-state index is 10.5. The van der Waals surface area contributed by atoms with Crippen molar-refractivity contribution in [3.05, 3.63) is 23.8 Å². The molecular formula is C15H22O3. The second-order valence-electron chi connectivity index (χ2n) is 5.27. The third kappa shape index (κ3) is 2.78. The molecule has 1 fully saturated rings. The molecule has 3 heteroatoms. The van der Waals surface area contributed by atoms with Crippen LogP contribution in [-0.4, -0.2) is 19.3 Å². The summed E-state index contributed by atoms with van der Waals surface area (Å²) in [4.78, 5) is 0. The lowest BCUT2D eigenvalue weighted by Gasteiger charge is -2.19. The Morgan fingerprint density at radius 3 is 2.17 bits per heavy atom. The summed E-state index contributed by atoms with van der Waals surface area (Å²) in [6.45, 7) is 2.25. The van der Waals surface area contributed by atoms with E-state index in [4.69, 9.17) is 9.47 Å². The zero-order valence-corrected chi connectivity index (χ0v) is 11.3. The van der Waals surface area contributed by atoms with Crippen molar-refractivity contribution in [3.8, 4) is 11.5 Å². The summed E-state index contributed by atoms with van der Waals surface area (Å²) < 4.78 is 10.5. The summed E-state index contributed by atoms with van der Waals surface area (Å²) in [5.74, 6) is 2.54. The lowest BCUT2D eigenvalue weighted by molar-refractivity contribution is 0.109. The van der Waals surface area contributed by atoms with Gasteiger partial charge < -0.3 is 14.6 Å². The first kappa shape index (κ1) is 13.2. The number of aliphatic hydroxyl groups is 1. The summed E-state index contributed by atoms with van der Waals surface area (Å²) in [6, 6.07) is 5.62. The maximum absolute atomic E-state index is 10.5. The van der Waals surface area contributed by atoms with Crippen LogP contribution in [0, 0.1) is 11.8 Å². The van der Waals surface area contributed by atoms with E-state index in [1.165, 1.54) is 6.42 Å². The van der Waals surface area contributed by atoms with Gasteiger partial charge in [0.25, 0.3) is 0 Å². The maximum Gasteiger partial charge on any atom is 0.122 e. The van der Waals surface area contributed by atoms with Gasteiger partial charge in [0.05, 0.1) is 20.3 Å². The molecule has 0 amide bonds. The Kier molecular flexibility index (Phi) is 4.12. The molecule has 3 nitrogen and oxygen atoms in total. The smallest absolute Gasteiger partial charge is 0.122 e. The van der Waals surface area contributed by atoms with Crippen molar-refractivity contribution in [3.63, 3.8) is 0 Å². The molecule has 1 N–H and O–H groups in total. The van der Waals surface area contributed by atoms with Gasteiger partial charge in [0, 0.05) is 6.07 Å². The van der Waals surface area contributed by atoms with Gasteiger partial charge in [-0.3, -0.25) is 0 Å². The predicted molar refractivity (Wildman–Crippen MR) is 71.0 cm³/mol. The molecule has 0 radical (unpaired) electrons. The molecule has 0 bridgehead atoms. The summed E-state index contributed by atoms with van der Waals surface area (Å²) in [5.41, 5.74) is 0.894. The quantitative estimate of drug-likeness (QED) is 0.892. The largest absolute Gasteiger partial charge is 0.497 e. The second kappa shape index (κ2) is 5.61. The van der Waals surface area contributed by atoms with E-state index in [-0.39, 0.29) is 0 Å². The zero-order chi connectivity index (χ0) is 13.1. The SMILES string of the molecule is COc1cc(OC)cc(C(O)C2CCC(C)C2)c1. The van der Waals surface area contributed by atoms with Gasteiger partial charge >= 0.3 is 0 Å². The lowest BCUT2D eigenvalue weighted by Crippen LogP contribution is -2.10. The van der Waals surface area contributed by atoms with Crippen molar-refractivity contribution in [2.24, 2.45) is 11.8 Å². The van der Waals surface area contributed by atoms with E-state index < -0.39 is 6.10 Å². The minimum atomic E-state index is -0.418. The standard InChI is InChI=1S/C15H22O3/c1-10-4-5-11(6-10)15(16)12-7-13(17-2)9-14(8-12)18-3/h7-11,15-16H,4-6H2,1-3H3. The molecule has 3 unspecified atom stereocenters. The Bertz CT molecular complexity index is 380. The Hall–Kier alpha value is -1.22. The lowest BCUT2D eigenvalue weighted by atomic mass is 9.93. The number of hydrogen-bond donors (Lipinski definition) is 1. The van der Waals surface area contributed by atoms with Gasteiger partial charge in [-0.25, -0.2) is 0 Å². The molecular weight excluding hydrogens is 228 g/mol. The van der Waals surface area contributed by atoms with Crippen LogP contribution in [0.4, 0.5) is 0 Å². The van der Waals surface area contributed by atoms with Crippen molar-refractivity contribution in [2.45, 2.75) is 32.3 Å². The minimum Gasteiger partial charge on any atom is -0.497 e. The van der Waals surface area contributed by atoms with Gasteiger partial charge in [0.2, 0.25) is 0 Å². The van der Waals surface area contributed by atoms with Gasteiger partial charge in [0.1, 0.15) is 11.5 Å². The average molecular weight is 250 g/mol. The molecule has 0 heterocycles. The molecule has 1 aromatic carbocycles. The number of rotatable bonds is 4. The van der Waals surface area contributed by atoms with Crippen LogP contribution in [-0.2, 0) is 0 Å². The third-order valence-electron chi connectivity index (χ3n) is 3.90. The number of benzene rings is 1. The average Bonchev–Trinajstić information content (AvgIpc) is 2.83. The second-order valence-corrected chi connectivity index (χ2v) is 5.27. The van der Waals surface area contributed by atoms with E-state index >= 15 is 0 Å². The first-order chi connectivity index (χ1) is 8.63. The number of methoxy groups -OCH3 is 2. The normalized spacial score (nSPS) is 24.9. The highest BCUT2D eigenvalue weighted by molar-refractivity contribution is 5.39. The third-order valence-corrected chi connectivity index (χ3v) is 3.90. The van der Waals surface area contributed by atoms with Gasteiger partial charge in [-0.05, 0) is 42.4 Å². The van der Waals surface area contributed by atoms with Crippen molar-refractivity contribution in [2.75, 3.05) is 14.2 Å². The van der Waals surface area contributed by atoms with Crippen molar-refractivity contribution >= 4 is 0 Å². The molecule has 0 saturated heterocycles. The fraction of sp³-hybridized carbons (Fsp3) is 0.600. The molecule has 1 aliphatic rings. The van der Waals surface area contributed by atoms with Crippen LogP contribution in [0.15, 0.2) is 18.2 Å². The van der Waals surface area contributed by atoms with Crippen molar-refractivity contribution in [1.29, 1.82) is 0 Å². The van der Waals surface area contributed by atoms with Crippen molar-refractivity contribution < 1.29 is 14.6 Å². The Balaban J connectivity index is 2.20. The summed E-state index contributed by atoms with van der Waals surface area (Å²) in [5, 5.41) is 10.5. The van der Waals surface area contributed by atoms with Crippen LogP contribution in [0.3, 0.4) is 0 Å². The van der Waals surface area contributed by atoms with E-state index in [0.29, 0.717) is 5.92 Å². The van der Waals surface area contributed by atoms with Gasteiger partial charge in [-0.2, -0.15) is 0 Å². The summed E-state index contributed by atoms with van der Waals surface area (Å²) in [7, 11) is 3.26. The number of aliphatic hydroxyl groups excluding tert-OH is 1. The van der Waals surface area contributed by atoms with Gasteiger partial charge in [-0.1, -0.05) is 13.3 Å². The van der Waals surface area contributed by atoms with Gasteiger partial charge in [0.15, 0.2) is 0 Å². The highest BCUT2D eigenvalue weighted by atomic mass is 16.5.